The molecule has 5 atom stereocenters. The van der Waals surface area contributed by atoms with Crippen molar-refractivity contribution in [1.82, 2.24) is 0 Å². The minimum Gasteiger partial charge on any atom is -0.305 e. The zero-order valence-electron chi connectivity index (χ0n) is 20.0. The third kappa shape index (κ3) is 6.85. The summed E-state index contributed by atoms with van der Waals surface area (Å²) < 4.78 is 0. The maximum atomic E-state index is 8.27. The van der Waals surface area contributed by atoms with E-state index in [1.54, 1.807) is 0 Å². The fourth-order valence-electron chi connectivity index (χ4n) is 5.03. The Morgan fingerprint density at radius 2 is 2.07 bits per heavy atom. The minimum absolute atomic E-state index is 0.487. The molecule has 0 aromatic heterocycles. The van der Waals surface area contributed by atoms with Crippen LogP contribution in [0.25, 0.3) is 0 Å². The van der Waals surface area contributed by atoms with Crippen LogP contribution in [-0.4, -0.2) is 5.71 Å². The highest BCUT2D eigenvalue weighted by molar-refractivity contribution is 5.93. The van der Waals surface area contributed by atoms with Gasteiger partial charge in [-0.25, -0.2) is 0 Å². The molecule has 0 aromatic carbocycles. The van der Waals surface area contributed by atoms with E-state index in [-0.39, 0.29) is 0 Å². The lowest BCUT2D eigenvalue weighted by molar-refractivity contribution is 0.316. The molecule has 1 N–H and O–H groups in total. The number of hydrogen-bond donors (Lipinski definition) is 1. The van der Waals surface area contributed by atoms with E-state index in [1.165, 1.54) is 29.6 Å². The van der Waals surface area contributed by atoms with Crippen molar-refractivity contribution in [2.45, 2.75) is 79.6 Å². The van der Waals surface area contributed by atoms with Gasteiger partial charge in [0, 0.05) is 5.71 Å². The van der Waals surface area contributed by atoms with Gasteiger partial charge < -0.3 is 5.41 Å². The molecule has 0 radical (unpaired) electrons. The van der Waals surface area contributed by atoms with Gasteiger partial charge in [-0.2, -0.15) is 0 Å². The van der Waals surface area contributed by atoms with Gasteiger partial charge in [-0.1, -0.05) is 58.4 Å². The molecule has 0 fully saturated rings. The van der Waals surface area contributed by atoms with E-state index in [9.17, 15) is 0 Å². The maximum Gasteiger partial charge on any atom is 0.0313 e. The molecule has 1 heteroatoms. The van der Waals surface area contributed by atoms with Gasteiger partial charge in [0.15, 0.2) is 0 Å². The van der Waals surface area contributed by atoms with Gasteiger partial charge >= 0.3 is 0 Å². The van der Waals surface area contributed by atoms with Gasteiger partial charge in [0.1, 0.15) is 0 Å². The van der Waals surface area contributed by atoms with E-state index < -0.39 is 0 Å². The molecule has 0 bridgehead atoms. The van der Waals surface area contributed by atoms with E-state index in [0.717, 1.165) is 37.8 Å². The van der Waals surface area contributed by atoms with Gasteiger partial charge in [0.2, 0.25) is 0 Å². The highest BCUT2D eigenvalue weighted by Crippen LogP contribution is 2.39. The molecule has 164 valence electrons. The van der Waals surface area contributed by atoms with Gasteiger partial charge in [0.05, 0.1) is 0 Å². The zero-order valence-corrected chi connectivity index (χ0v) is 20.0. The first-order chi connectivity index (χ1) is 14.4. The Morgan fingerprint density at radius 1 is 1.30 bits per heavy atom. The molecule has 0 saturated heterocycles. The predicted octanol–water partition coefficient (Wildman–Crippen LogP) is 8.62. The summed E-state index contributed by atoms with van der Waals surface area (Å²) in [4.78, 5) is 0. The van der Waals surface area contributed by atoms with Crippen LogP contribution in [0.1, 0.15) is 79.6 Å². The topological polar surface area (TPSA) is 23.9 Å². The minimum atomic E-state index is 0.487. The summed E-state index contributed by atoms with van der Waals surface area (Å²) in [5.41, 5.74) is 8.61. The van der Waals surface area contributed by atoms with Crippen molar-refractivity contribution in [3.63, 3.8) is 0 Å². The third-order valence-electron chi connectivity index (χ3n) is 7.13. The molecule has 0 heterocycles. The molecule has 2 aliphatic carbocycles. The lowest BCUT2D eigenvalue weighted by atomic mass is 9.71. The fourth-order valence-corrected chi connectivity index (χ4v) is 5.03. The summed E-state index contributed by atoms with van der Waals surface area (Å²) in [5.74, 6) is 2.88. The molecular formula is C29H43N. The van der Waals surface area contributed by atoms with Gasteiger partial charge in [-0.05, 0) is 104 Å². The van der Waals surface area contributed by atoms with Crippen molar-refractivity contribution in [2.75, 3.05) is 0 Å². The molecular weight excluding hydrogens is 362 g/mol. The SMILES string of the molecule is C=CC(C)CC(C)C1CCC(=N)C=C1C(C)CC=C(CC)C1=CC=C=CC(CC)C1. The first-order valence-electron chi connectivity index (χ1n) is 12.1. The van der Waals surface area contributed by atoms with E-state index in [4.69, 9.17) is 5.41 Å². The second-order valence-electron chi connectivity index (χ2n) is 9.52. The van der Waals surface area contributed by atoms with E-state index in [1.807, 2.05) is 0 Å². The molecule has 2 rings (SSSR count). The summed E-state index contributed by atoms with van der Waals surface area (Å²) in [6.45, 7) is 15.5. The first kappa shape index (κ1) is 24.4. The van der Waals surface area contributed by atoms with Crippen molar-refractivity contribution in [1.29, 1.82) is 5.41 Å². The zero-order chi connectivity index (χ0) is 22.1. The lowest BCUT2D eigenvalue weighted by Gasteiger charge is -2.34. The van der Waals surface area contributed by atoms with E-state index in [0.29, 0.717) is 29.6 Å². The maximum absolute atomic E-state index is 8.27. The normalized spacial score (nSPS) is 25.2. The van der Waals surface area contributed by atoms with E-state index >= 15 is 0 Å². The van der Waals surface area contributed by atoms with Crippen LogP contribution >= 0.6 is 0 Å². The van der Waals surface area contributed by atoms with Crippen molar-refractivity contribution >= 4 is 5.71 Å². The molecule has 0 aromatic rings. The highest BCUT2D eigenvalue weighted by atomic mass is 14.4. The number of rotatable bonds is 10. The standard InChI is InChI=1S/C29H43N/c1-7-21(4)18-23(6)28-17-16-27(30)20-29(28)22(5)14-15-25(9-3)26-13-11-10-12-24(8-2)19-26/h7,11-13,15,20-24,28,30H,1,8-9,14,16-19H2,2-6H3. The third-order valence-corrected chi connectivity index (χ3v) is 7.13. The Labute approximate surface area is 185 Å². The number of allylic oxidation sites excluding steroid dienone is 8. The molecule has 0 aliphatic heterocycles. The second kappa shape index (κ2) is 12.1. The van der Waals surface area contributed by atoms with Crippen LogP contribution in [0.3, 0.4) is 0 Å². The quantitative estimate of drug-likeness (QED) is 0.278. The van der Waals surface area contributed by atoms with Crippen LogP contribution in [0.4, 0.5) is 0 Å². The Hall–Kier alpha value is -1.85. The van der Waals surface area contributed by atoms with Crippen LogP contribution in [-0.2, 0) is 0 Å². The molecule has 0 saturated carbocycles. The summed E-state index contributed by atoms with van der Waals surface area (Å²) in [6.07, 6.45) is 21.0. The first-order valence-corrected chi connectivity index (χ1v) is 12.1. The highest BCUT2D eigenvalue weighted by Gasteiger charge is 2.28. The smallest absolute Gasteiger partial charge is 0.0313 e. The average molecular weight is 406 g/mol. The molecule has 1 nitrogen and oxygen atoms in total. The van der Waals surface area contributed by atoms with Crippen molar-refractivity contribution in [2.24, 2.45) is 29.6 Å². The molecule has 0 spiro atoms. The number of nitrogens with one attached hydrogen (secondary N) is 1. The van der Waals surface area contributed by atoms with Crippen LogP contribution in [0, 0.1) is 35.0 Å². The van der Waals surface area contributed by atoms with Gasteiger partial charge in [-0.3, -0.25) is 0 Å². The molecule has 0 amide bonds. The fraction of sp³-hybridized carbons (Fsp3) is 0.586. The molecule has 30 heavy (non-hydrogen) atoms. The van der Waals surface area contributed by atoms with Crippen molar-refractivity contribution in [3.8, 4) is 0 Å². The molecule has 5 unspecified atom stereocenters. The summed E-state index contributed by atoms with van der Waals surface area (Å²) in [6, 6.07) is 0. The Balaban J connectivity index is 2.16. The van der Waals surface area contributed by atoms with Crippen LogP contribution in [0.2, 0.25) is 0 Å². The van der Waals surface area contributed by atoms with Crippen molar-refractivity contribution < 1.29 is 0 Å². The second-order valence-corrected chi connectivity index (χ2v) is 9.52. The van der Waals surface area contributed by atoms with Crippen LogP contribution in [0.15, 0.2) is 65.5 Å². The van der Waals surface area contributed by atoms with Gasteiger partial charge in [0.25, 0.3) is 0 Å². The Bertz CT molecular complexity index is 753. The van der Waals surface area contributed by atoms with E-state index in [2.05, 4.69) is 83.4 Å². The van der Waals surface area contributed by atoms with Crippen LogP contribution in [0.5, 0.6) is 0 Å². The predicted molar refractivity (Wildman–Crippen MR) is 133 cm³/mol. The Morgan fingerprint density at radius 3 is 2.73 bits per heavy atom. The average Bonchev–Trinajstić information content (AvgIpc) is 2.99. The Kier molecular flexibility index (Phi) is 9.86. The summed E-state index contributed by atoms with van der Waals surface area (Å²) in [5, 5.41) is 8.27. The molecule has 2 aliphatic rings. The van der Waals surface area contributed by atoms with Gasteiger partial charge in [-0.15, -0.1) is 12.3 Å². The largest absolute Gasteiger partial charge is 0.305 e. The van der Waals surface area contributed by atoms with Crippen molar-refractivity contribution in [3.05, 3.63) is 65.5 Å². The monoisotopic (exact) mass is 405 g/mol. The number of hydrogen-bond acceptors (Lipinski definition) is 1. The summed E-state index contributed by atoms with van der Waals surface area (Å²) >= 11 is 0. The lowest BCUT2D eigenvalue weighted by Crippen LogP contribution is -2.25. The summed E-state index contributed by atoms with van der Waals surface area (Å²) in [7, 11) is 0. The van der Waals surface area contributed by atoms with Crippen LogP contribution < -0.4 is 0 Å².